The molecule has 0 aliphatic rings. The van der Waals surface area contributed by atoms with Crippen molar-refractivity contribution in [2.24, 2.45) is 0 Å². The lowest BCUT2D eigenvalue weighted by atomic mass is 10.0. The third-order valence-electron chi connectivity index (χ3n) is 3.23. The molecule has 0 bridgehead atoms. The summed E-state index contributed by atoms with van der Waals surface area (Å²) < 4.78 is 49.9. The average molecular weight is 324 g/mol. The van der Waals surface area contributed by atoms with E-state index in [1.807, 2.05) is 6.07 Å². The van der Waals surface area contributed by atoms with E-state index in [4.69, 9.17) is 9.47 Å². The van der Waals surface area contributed by atoms with Gasteiger partial charge in [-0.25, -0.2) is 0 Å². The Labute approximate surface area is 131 Å². The van der Waals surface area contributed by atoms with Crippen molar-refractivity contribution < 1.29 is 27.4 Å². The quantitative estimate of drug-likeness (QED) is 0.760. The average Bonchev–Trinajstić information content (AvgIpc) is 2.52. The van der Waals surface area contributed by atoms with Crippen LogP contribution in [0.15, 0.2) is 42.5 Å². The van der Waals surface area contributed by atoms with Gasteiger partial charge in [0.05, 0.1) is 12.7 Å². The van der Waals surface area contributed by atoms with E-state index in [0.717, 1.165) is 24.6 Å². The summed E-state index contributed by atoms with van der Waals surface area (Å²) in [5, 5.41) is 0. The van der Waals surface area contributed by atoms with Crippen molar-refractivity contribution in [2.45, 2.75) is 19.7 Å². The molecule has 0 amide bonds. The summed E-state index contributed by atoms with van der Waals surface area (Å²) >= 11 is 0. The van der Waals surface area contributed by atoms with Gasteiger partial charge in [-0.3, -0.25) is 4.79 Å². The van der Waals surface area contributed by atoms with Gasteiger partial charge in [-0.15, -0.1) is 0 Å². The second kappa shape index (κ2) is 6.73. The highest BCUT2D eigenvalue weighted by Crippen LogP contribution is 2.39. The van der Waals surface area contributed by atoms with Crippen LogP contribution in [0, 0.1) is 0 Å². The van der Waals surface area contributed by atoms with Crippen molar-refractivity contribution in [1.29, 1.82) is 0 Å². The molecule has 0 aromatic heterocycles. The molecule has 122 valence electrons. The molecule has 0 spiro atoms. The van der Waals surface area contributed by atoms with Gasteiger partial charge in [-0.05, 0) is 24.6 Å². The van der Waals surface area contributed by atoms with Gasteiger partial charge in [-0.1, -0.05) is 30.3 Å². The molecule has 0 unspecified atom stereocenters. The molecule has 6 heteroatoms. The zero-order valence-electron chi connectivity index (χ0n) is 12.6. The molecule has 2 aromatic rings. The molecular formula is C17H15F3O3. The van der Waals surface area contributed by atoms with Crippen LogP contribution in [-0.2, 0) is 12.8 Å². The van der Waals surface area contributed by atoms with E-state index in [2.05, 4.69) is 0 Å². The minimum Gasteiger partial charge on any atom is -0.493 e. The summed E-state index contributed by atoms with van der Waals surface area (Å²) in [4.78, 5) is 11.5. The molecule has 0 fully saturated rings. The number of methoxy groups -OCH3 is 1. The monoisotopic (exact) mass is 324 g/mol. The molecule has 0 aliphatic heterocycles. The van der Waals surface area contributed by atoms with Gasteiger partial charge in [0.1, 0.15) is 6.61 Å². The first kappa shape index (κ1) is 16.9. The Morgan fingerprint density at radius 2 is 1.74 bits per heavy atom. The number of Topliss-reactive ketones (excluding diaryl/α,β-unsaturated/α-hetero) is 1. The second-order valence-corrected chi connectivity index (χ2v) is 4.88. The number of hydrogen-bond acceptors (Lipinski definition) is 3. The normalized spacial score (nSPS) is 11.2. The lowest BCUT2D eigenvalue weighted by Crippen LogP contribution is -2.13. The molecule has 0 saturated heterocycles. The minimum absolute atomic E-state index is 0.0614. The Kier molecular flexibility index (Phi) is 4.93. The SMILES string of the molecule is COc1cc(C(C)=O)c(C(F)(F)F)cc1OCc1ccccc1. The second-order valence-electron chi connectivity index (χ2n) is 4.88. The van der Waals surface area contributed by atoms with Gasteiger partial charge in [0.15, 0.2) is 17.3 Å². The van der Waals surface area contributed by atoms with Crippen molar-refractivity contribution in [3.63, 3.8) is 0 Å². The molecule has 0 saturated carbocycles. The fourth-order valence-corrected chi connectivity index (χ4v) is 2.09. The molecule has 0 heterocycles. The first-order valence-electron chi connectivity index (χ1n) is 6.80. The molecule has 3 nitrogen and oxygen atoms in total. The summed E-state index contributed by atoms with van der Waals surface area (Å²) in [5.74, 6) is -0.668. The van der Waals surface area contributed by atoms with E-state index in [9.17, 15) is 18.0 Å². The summed E-state index contributed by atoms with van der Waals surface area (Å²) in [6.45, 7) is 1.17. The number of carbonyl (C=O) groups excluding carboxylic acids is 1. The van der Waals surface area contributed by atoms with E-state index in [0.29, 0.717) is 0 Å². The Morgan fingerprint density at radius 1 is 1.09 bits per heavy atom. The number of halogens is 3. The van der Waals surface area contributed by atoms with Crippen LogP contribution in [0.2, 0.25) is 0 Å². The Morgan fingerprint density at radius 3 is 2.26 bits per heavy atom. The highest BCUT2D eigenvalue weighted by molar-refractivity contribution is 5.96. The van der Waals surface area contributed by atoms with Crippen LogP contribution in [-0.4, -0.2) is 12.9 Å². The standard InChI is InChI=1S/C17H15F3O3/c1-11(21)13-8-15(22-2)16(9-14(13)17(18,19)20)23-10-12-6-4-3-5-7-12/h3-9H,10H2,1-2H3. The number of rotatable bonds is 5. The van der Waals surface area contributed by atoms with Crippen LogP contribution in [0.5, 0.6) is 11.5 Å². The van der Waals surface area contributed by atoms with Crippen LogP contribution in [0.25, 0.3) is 0 Å². The Balaban J connectivity index is 2.40. The molecule has 0 N–H and O–H groups in total. The third kappa shape index (κ3) is 4.03. The van der Waals surface area contributed by atoms with Crippen LogP contribution >= 0.6 is 0 Å². The Bertz CT molecular complexity index is 694. The maximum absolute atomic E-state index is 13.1. The summed E-state index contributed by atoms with van der Waals surface area (Å²) in [7, 11) is 1.31. The minimum atomic E-state index is -4.65. The highest BCUT2D eigenvalue weighted by atomic mass is 19.4. The summed E-state index contributed by atoms with van der Waals surface area (Å²) in [6.07, 6.45) is -4.65. The number of benzene rings is 2. The van der Waals surface area contributed by atoms with E-state index in [1.54, 1.807) is 24.3 Å². The third-order valence-corrected chi connectivity index (χ3v) is 3.23. The zero-order valence-corrected chi connectivity index (χ0v) is 12.6. The van der Waals surface area contributed by atoms with Gasteiger partial charge >= 0.3 is 6.18 Å². The van der Waals surface area contributed by atoms with Crippen LogP contribution in [0.1, 0.15) is 28.4 Å². The maximum atomic E-state index is 13.1. The van der Waals surface area contributed by atoms with Crippen LogP contribution in [0.3, 0.4) is 0 Å². The first-order chi connectivity index (χ1) is 10.8. The summed E-state index contributed by atoms with van der Waals surface area (Å²) in [6, 6.07) is 10.9. The van der Waals surface area contributed by atoms with Crippen LogP contribution in [0.4, 0.5) is 13.2 Å². The van der Waals surface area contributed by atoms with Gasteiger partial charge in [-0.2, -0.15) is 13.2 Å². The van der Waals surface area contributed by atoms with Crippen LogP contribution < -0.4 is 9.47 Å². The largest absolute Gasteiger partial charge is 0.493 e. The highest BCUT2D eigenvalue weighted by Gasteiger charge is 2.36. The lowest BCUT2D eigenvalue weighted by Gasteiger charge is -2.16. The lowest BCUT2D eigenvalue weighted by molar-refractivity contribution is -0.138. The van der Waals surface area contributed by atoms with E-state index >= 15 is 0 Å². The predicted octanol–water partition coefficient (Wildman–Crippen LogP) is 4.50. The van der Waals surface area contributed by atoms with Crippen molar-refractivity contribution in [3.8, 4) is 11.5 Å². The summed E-state index contributed by atoms with van der Waals surface area (Å²) in [5.41, 5.74) is -0.672. The predicted molar refractivity (Wildman–Crippen MR) is 78.8 cm³/mol. The number of carbonyl (C=O) groups is 1. The Hall–Kier alpha value is -2.50. The van der Waals surface area contributed by atoms with E-state index in [1.165, 1.54) is 7.11 Å². The van der Waals surface area contributed by atoms with Crippen molar-refractivity contribution >= 4 is 5.78 Å². The fourth-order valence-electron chi connectivity index (χ4n) is 2.09. The first-order valence-corrected chi connectivity index (χ1v) is 6.80. The topological polar surface area (TPSA) is 35.5 Å². The molecular weight excluding hydrogens is 309 g/mol. The van der Waals surface area contributed by atoms with Gasteiger partial charge in [0.25, 0.3) is 0 Å². The molecule has 2 aromatic carbocycles. The van der Waals surface area contributed by atoms with E-state index in [-0.39, 0.29) is 18.1 Å². The number of ketones is 1. The zero-order chi connectivity index (χ0) is 17.0. The van der Waals surface area contributed by atoms with Crippen molar-refractivity contribution in [3.05, 3.63) is 59.2 Å². The number of ether oxygens (including phenoxy) is 2. The van der Waals surface area contributed by atoms with Gasteiger partial charge in [0, 0.05) is 5.56 Å². The van der Waals surface area contributed by atoms with Crippen molar-refractivity contribution in [2.75, 3.05) is 7.11 Å². The van der Waals surface area contributed by atoms with Gasteiger partial charge in [0.2, 0.25) is 0 Å². The maximum Gasteiger partial charge on any atom is 0.417 e. The van der Waals surface area contributed by atoms with Gasteiger partial charge < -0.3 is 9.47 Å². The molecule has 0 radical (unpaired) electrons. The molecule has 0 aliphatic carbocycles. The smallest absolute Gasteiger partial charge is 0.417 e. The fraction of sp³-hybridized carbons (Fsp3) is 0.235. The van der Waals surface area contributed by atoms with Crippen molar-refractivity contribution in [1.82, 2.24) is 0 Å². The molecule has 2 rings (SSSR count). The van der Waals surface area contributed by atoms with E-state index < -0.39 is 23.1 Å². The molecule has 0 atom stereocenters. The number of hydrogen-bond donors (Lipinski definition) is 0. The molecule has 23 heavy (non-hydrogen) atoms. The number of alkyl halides is 3.